The average molecular weight is 272 g/mol. The summed E-state index contributed by atoms with van der Waals surface area (Å²) in [6.07, 6.45) is 0.150. The second-order valence-electron chi connectivity index (χ2n) is 4.68. The van der Waals surface area contributed by atoms with Crippen molar-refractivity contribution < 1.29 is 19.0 Å². The smallest absolute Gasteiger partial charge is 0.341 e. The van der Waals surface area contributed by atoms with Gasteiger partial charge in [-0.1, -0.05) is 24.3 Å². The third-order valence-corrected chi connectivity index (χ3v) is 3.17. The van der Waals surface area contributed by atoms with Gasteiger partial charge in [-0.3, -0.25) is 0 Å². The second kappa shape index (κ2) is 5.51. The second-order valence-corrected chi connectivity index (χ2v) is 4.68. The Hall–Kier alpha value is -2.07. The molecule has 20 heavy (non-hydrogen) atoms. The van der Waals surface area contributed by atoms with Gasteiger partial charge in [-0.15, -0.1) is 0 Å². The maximum Gasteiger partial charge on any atom is 0.341 e. The predicted molar refractivity (Wildman–Crippen MR) is 75.1 cm³/mol. The van der Waals surface area contributed by atoms with Gasteiger partial charge in [0.05, 0.1) is 13.2 Å². The van der Waals surface area contributed by atoms with Gasteiger partial charge in [-0.25, -0.2) is 4.79 Å². The first-order valence-corrected chi connectivity index (χ1v) is 6.72. The third kappa shape index (κ3) is 2.75. The molecule has 0 saturated carbocycles. The fourth-order valence-electron chi connectivity index (χ4n) is 2.05. The quantitative estimate of drug-likeness (QED) is 0.620. The van der Waals surface area contributed by atoms with E-state index in [4.69, 9.17) is 14.2 Å². The van der Waals surface area contributed by atoms with Crippen LogP contribution in [0.15, 0.2) is 36.4 Å². The fraction of sp³-hybridized carbons (Fsp3) is 0.312. The summed E-state index contributed by atoms with van der Waals surface area (Å²) < 4.78 is 15.9. The van der Waals surface area contributed by atoms with E-state index in [1.54, 1.807) is 6.92 Å². The van der Waals surface area contributed by atoms with Gasteiger partial charge in [0, 0.05) is 0 Å². The molecular weight excluding hydrogens is 256 g/mol. The topological polar surface area (TPSA) is 48.1 Å². The Labute approximate surface area is 117 Å². The number of esters is 1. The summed E-state index contributed by atoms with van der Waals surface area (Å²) in [7, 11) is 0. The number of fused-ring (bicyclic) bond motifs is 1. The molecule has 0 radical (unpaired) electrons. The summed E-state index contributed by atoms with van der Waals surface area (Å²) >= 11 is 0. The summed E-state index contributed by atoms with van der Waals surface area (Å²) in [4.78, 5) is 12.0. The minimum Gasteiger partial charge on any atom is -0.490 e. The van der Waals surface area contributed by atoms with Crippen LogP contribution >= 0.6 is 0 Å². The van der Waals surface area contributed by atoms with Crippen LogP contribution in [0.2, 0.25) is 0 Å². The van der Waals surface area contributed by atoms with Crippen molar-refractivity contribution in [2.24, 2.45) is 0 Å². The van der Waals surface area contributed by atoms with Gasteiger partial charge in [-0.2, -0.15) is 0 Å². The van der Waals surface area contributed by atoms with E-state index in [9.17, 15) is 4.79 Å². The monoisotopic (exact) mass is 272 g/mol. The molecule has 1 unspecified atom stereocenters. The van der Waals surface area contributed by atoms with E-state index in [0.717, 1.165) is 17.4 Å². The van der Waals surface area contributed by atoms with Gasteiger partial charge < -0.3 is 14.2 Å². The number of carbonyl (C=O) groups excluding carboxylic acids is 1. The molecule has 1 saturated heterocycles. The zero-order valence-corrected chi connectivity index (χ0v) is 11.3. The molecule has 3 rings (SSSR count). The number of hydrogen-bond acceptors (Lipinski definition) is 4. The predicted octanol–water partition coefficient (Wildman–Crippen LogP) is 2.79. The van der Waals surface area contributed by atoms with Crippen molar-refractivity contribution in [1.82, 2.24) is 0 Å². The molecule has 1 fully saturated rings. The summed E-state index contributed by atoms with van der Waals surface area (Å²) in [5.74, 6) is 0.197. The van der Waals surface area contributed by atoms with Crippen LogP contribution in [0.4, 0.5) is 0 Å². The van der Waals surface area contributed by atoms with E-state index in [1.807, 2.05) is 36.4 Å². The number of rotatable bonds is 5. The van der Waals surface area contributed by atoms with E-state index in [0.29, 0.717) is 24.5 Å². The lowest BCUT2D eigenvalue weighted by atomic mass is 10.1. The van der Waals surface area contributed by atoms with E-state index < -0.39 is 0 Å². The van der Waals surface area contributed by atoms with Gasteiger partial charge in [0.25, 0.3) is 0 Å². The summed E-state index contributed by atoms with van der Waals surface area (Å²) in [5, 5.41) is 2.03. The highest BCUT2D eigenvalue weighted by Crippen LogP contribution is 2.27. The molecule has 1 aliphatic rings. The van der Waals surface area contributed by atoms with Crippen molar-refractivity contribution in [2.45, 2.75) is 13.0 Å². The standard InChI is InChI=1S/C16H16O4/c1-2-18-16(17)14-7-11-5-3-4-6-12(11)8-15(14)20-10-13-9-19-13/h3-8,13H,2,9-10H2,1H3. The lowest BCUT2D eigenvalue weighted by Crippen LogP contribution is -2.11. The van der Waals surface area contributed by atoms with E-state index in [2.05, 4.69) is 0 Å². The highest BCUT2D eigenvalue weighted by atomic mass is 16.6. The van der Waals surface area contributed by atoms with E-state index in [1.165, 1.54) is 0 Å². The molecule has 1 aliphatic heterocycles. The average Bonchev–Trinajstić information content (AvgIpc) is 3.28. The molecule has 0 spiro atoms. The number of carbonyl (C=O) groups is 1. The first-order valence-electron chi connectivity index (χ1n) is 6.72. The molecule has 104 valence electrons. The number of hydrogen-bond donors (Lipinski definition) is 0. The Morgan fingerprint density at radius 1 is 1.30 bits per heavy atom. The van der Waals surface area contributed by atoms with Crippen LogP contribution in [0.3, 0.4) is 0 Å². The van der Waals surface area contributed by atoms with Gasteiger partial charge >= 0.3 is 5.97 Å². The summed E-state index contributed by atoms with van der Waals surface area (Å²) in [6, 6.07) is 11.5. The normalized spacial score (nSPS) is 16.9. The van der Waals surface area contributed by atoms with Crippen LogP contribution in [0.25, 0.3) is 10.8 Å². The largest absolute Gasteiger partial charge is 0.490 e. The van der Waals surface area contributed by atoms with Crippen LogP contribution in [-0.2, 0) is 9.47 Å². The molecule has 0 aliphatic carbocycles. The molecule has 0 amide bonds. The Morgan fingerprint density at radius 2 is 2.00 bits per heavy atom. The maximum atomic E-state index is 12.0. The van der Waals surface area contributed by atoms with Crippen LogP contribution in [-0.4, -0.2) is 31.9 Å². The number of ether oxygens (including phenoxy) is 3. The lowest BCUT2D eigenvalue weighted by molar-refractivity contribution is 0.0521. The zero-order chi connectivity index (χ0) is 13.9. The molecule has 2 aromatic carbocycles. The minimum atomic E-state index is -0.357. The summed E-state index contributed by atoms with van der Waals surface area (Å²) in [6.45, 7) is 3.32. The van der Waals surface area contributed by atoms with Gasteiger partial charge in [0.2, 0.25) is 0 Å². The third-order valence-electron chi connectivity index (χ3n) is 3.17. The molecule has 4 heteroatoms. The fourth-order valence-corrected chi connectivity index (χ4v) is 2.05. The zero-order valence-electron chi connectivity index (χ0n) is 11.3. The molecule has 2 aromatic rings. The first-order chi connectivity index (χ1) is 9.78. The molecule has 0 aromatic heterocycles. The van der Waals surface area contributed by atoms with E-state index in [-0.39, 0.29) is 12.1 Å². The Bertz CT molecular complexity index is 631. The molecule has 4 nitrogen and oxygen atoms in total. The van der Waals surface area contributed by atoms with E-state index >= 15 is 0 Å². The highest BCUT2D eigenvalue weighted by molar-refractivity contribution is 5.98. The lowest BCUT2D eigenvalue weighted by Gasteiger charge is -2.11. The molecule has 0 N–H and O–H groups in total. The van der Waals surface area contributed by atoms with Crippen molar-refractivity contribution in [2.75, 3.05) is 19.8 Å². The first kappa shape index (κ1) is 12.9. The Kier molecular flexibility index (Phi) is 3.56. The van der Waals surface area contributed by atoms with Crippen LogP contribution in [0, 0.1) is 0 Å². The molecular formula is C16H16O4. The maximum absolute atomic E-state index is 12.0. The van der Waals surface area contributed by atoms with Crippen LogP contribution in [0.5, 0.6) is 5.75 Å². The van der Waals surface area contributed by atoms with Crippen molar-refractivity contribution in [3.05, 3.63) is 42.0 Å². The SMILES string of the molecule is CCOC(=O)c1cc2ccccc2cc1OCC1CO1. The van der Waals surface area contributed by atoms with Crippen molar-refractivity contribution in [3.63, 3.8) is 0 Å². The van der Waals surface area contributed by atoms with Crippen molar-refractivity contribution in [1.29, 1.82) is 0 Å². The van der Waals surface area contributed by atoms with Crippen LogP contribution in [0.1, 0.15) is 17.3 Å². The van der Waals surface area contributed by atoms with Gasteiger partial charge in [0.1, 0.15) is 24.0 Å². The summed E-state index contributed by atoms with van der Waals surface area (Å²) in [5.41, 5.74) is 0.464. The van der Waals surface area contributed by atoms with Gasteiger partial charge in [0.15, 0.2) is 0 Å². The number of epoxide rings is 1. The molecule has 1 atom stereocenters. The number of benzene rings is 2. The van der Waals surface area contributed by atoms with Gasteiger partial charge in [-0.05, 0) is 29.8 Å². The molecule has 0 bridgehead atoms. The molecule has 1 heterocycles. The highest BCUT2D eigenvalue weighted by Gasteiger charge is 2.24. The van der Waals surface area contributed by atoms with Crippen LogP contribution < -0.4 is 4.74 Å². The Morgan fingerprint density at radius 3 is 2.65 bits per heavy atom. The minimum absolute atomic E-state index is 0.150. The van der Waals surface area contributed by atoms with Crippen molar-refractivity contribution >= 4 is 16.7 Å². The van der Waals surface area contributed by atoms with Crippen molar-refractivity contribution in [3.8, 4) is 5.75 Å². The Balaban J connectivity index is 1.97.